The Morgan fingerprint density at radius 3 is 2.53 bits per heavy atom. The maximum atomic E-state index is 13.3. The summed E-state index contributed by atoms with van der Waals surface area (Å²) in [5, 5.41) is 24.5. The van der Waals surface area contributed by atoms with Crippen LogP contribution in [0.2, 0.25) is 0 Å². The topological polar surface area (TPSA) is 97.4 Å². The first-order valence-electron chi connectivity index (χ1n) is 12.6. The van der Waals surface area contributed by atoms with Crippen LogP contribution in [-0.2, 0) is 4.79 Å². The minimum Gasteiger partial charge on any atom is -0.395 e. The second-order valence-electron chi connectivity index (χ2n) is 9.82. The Bertz CT molecular complexity index is 1240. The fraction of sp³-hybridized carbons (Fsp3) is 0.500. The zero-order valence-corrected chi connectivity index (χ0v) is 22.2. The molecule has 0 radical (unpaired) electrons. The van der Waals surface area contributed by atoms with Crippen LogP contribution < -0.4 is 0 Å². The van der Waals surface area contributed by atoms with E-state index in [0.717, 1.165) is 59.5 Å². The van der Waals surface area contributed by atoms with Gasteiger partial charge in [0, 0.05) is 49.8 Å². The predicted octanol–water partition coefficient (Wildman–Crippen LogP) is 2.09. The molecular weight excluding hydrogens is 475 g/mol. The summed E-state index contributed by atoms with van der Waals surface area (Å²) < 4.78 is 1.86. The number of aliphatic hydroxyl groups is 2. The van der Waals surface area contributed by atoms with Gasteiger partial charge in [0.25, 0.3) is 5.91 Å². The van der Waals surface area contributed by atoms with Crippen molar-refractivity contribution in [3.05, 3.63) is 59.0 Å². The van der Waals surface area contributed by atoms with E-state index in [9.17, 15) is 15.0 Å². The van der Waals surface area contributed by atoms with Crippen LogP contribution in [-0.4, -0.2) is 96.6 Å². The molecule has 192 valence electrons. The summed E-state index contributed by atoms with van der Waals surface area (Å²) in [5.41, 5.74) is 5.93. The van der Waals surface area contributed by atoms with Crippen LogP contribution in [0, 0.1) is 13.8 Å². The second-order valence-corrected chi connectivity index (χ2v) is 11.2. The quantitative estimate of drug-likeness (QED) is 0.551. The lowest BCUT2D eigenvalue weighted by atomic mass is 10.0. The molecule has 1 fully saturated rings. The summed E-state index contributed by atoms with van der Waals surface area (Å²) in [7, 11) is 0.420. The highest BCUT2D eigenvalue weighted by molar-refractivity contribution is 7.51. The van der Waals surface area contributed by atoms with E-state index in [1.54, 1.807) is 6.08 Å². The lowest BCUT2D eigenvalue weighted by Crippen LogP contribution is -2.47. The van der Waals surface area contributed by atoms with Crippen molar-refractivity contribution < 1.29 is 15.0 Å². The van der Waals surface area contributed by atoms with E-state index in [0.29, 0.717) is 27.7 Å². The number of hydrogen-bond donors (Lipinski definition) is 2. The first-order chi connectivity index (χ1) is 17.4. The van der Waals surface area contributed by atoms with Gasteiger partial charge in [-0.25, -0.2) is 4.52 Å². The van der Waals surface area contributed by atoms with Crippen LogP contribution in [0.4, 0.5) is 0 Å². The van der Waals surface area contributed by atoms with Crippen molar-refractivity contribution in [2.75, 3.05) is 39.4 Å². The molecule has 2 aromatic heterocycles. The summed E-state index contributed by atoms with van der Waals surface area (Å²) in [6.45, 7) is 9.22. The number of nitrogens with zero attached hydrogens (tertiary/aromatic N) is 6. The molecule has 2 atom stereocenters. The highest BCUT2D eigenvalue weighted by atomic mass is 31.1. The molecule has 2 aromatic rings. The maximum Gasteiger partial charge on any atom is 0.252 e. The summed E-state index contributed by atoms with van der Waals surface area (Å²) in [6, 6.07) is 2.40. The van der Waals surface area contributed by atoms with Gasteiger partial charge in [0.15, 0.2) is 0 Å². The molecule has 36 heavy (non-hydrogen) atoms. The van der Waals surface area contributed by atoms with Crippen LogP contribution in [0.3, 0.4) is 0 Å². The number of rotatable bonds is 7. The van der Waals surface area contributed by atoms with Gasteiger partial charge < -0.3 is 20.0 Å². The smallest absolute Gasteiger partial charge is 0.252 e. The number of aliphatic hydroxyl groups excluding tert-OH is 2. The van der Waals surface area contributed by atoms with Crippen LogP contribution in [0.15, 0.2) is 41.9 Å². The van der Waals surface area contributed by atoms with Gasteiger partial charge in [-0.15, -0.1) is 0 Å². The van der Waals surface area contributed by atoms with Crippen LogP contribution in [0.5, 0.6) is 0 Å². The summed E-state index contributed by atoms with van der Waals surface area (Å²) in [6.07, 6.45) is 9.84. The van der Waals surface area contributed by atoms with E-state index in [4.69, 9.17) is 5.10 Å². The molecule has 3 aliphatic rings. The first-order valence-corrected chi connectivity index (χ1v) is 13.7. The standard InChI is InChI=1S/C26H35N6O3P/c1-17-12-21(29-6-4-20(5-7-29)30(8-10-33)9-11-34)16-31-25(35)14-24(36-26(17)31)22-13-23-19(3)27-18(2)15-32(23)28-22/h12-16,20,26,33-34,36H,4-11H2,1-3H3. The van der Waals surface area contributed by atoms with E-state index in [2.05, 4.69) is 27.8 Å². The molecule has 0 saturated carbocycles. The van der Waals surface area contributed by atoms with Gasteiger partial charge in [-0.05, 0) is 51.3 Å². The number of aromatic nitrogens is 3. The van der Waals surface area contributed by atoms with Crippen LogP contribution in [0.25, 0.3) is 10.8 Å². The zero-order chi connectivity index (χ0) is 25.4. The monoisotopic (exact) mass is 510 g/mol. The van der Waals surface area contributed by atoms with Crippen molar-refractivity contribution in [1.29, 1.82) is 0 Å². The predicted molar refractivity (Wildman–Crippen MR) is 142 cm³/mol. The SMILES string of the molecule is CC1=CC(N2CCC(N(CCO)CCO)CC2)=CN2C(=O)C=C(c3cc4c(C)nc(C)cn4n3)PC12. The molecule has 5 heterocycles. The first kappa shape index (κ1) is 25.1. The Morgan fingerprint density at radius 1 is 1.11 bits per heavy atom. The number of carbonyl (C=O) groups excluding carboxylic acids is 1. The molecule has 0 aromatic carbocycles. The van der Waals surface area contributed by atoms with E-state index in [-0.39, 0.29) is 24.9 Å². The second kappa shape index (κ2) is 10.4. The van der Waals surface area contributed by atoms with E-state index < -0.39 is 0 Å². The van der Waals surface area contributed by atoms with Crippen molar-refractivity contribution in [3.8, 4) is 0 Å². The Hall–Kier alpha value is -2.58. The Morgan fingerprint density at radius 2 is 1.83 bits per heavy atom. The third-order valence-electron chi connectivity index (χ3n) is 7.33. The normalized spacial score (nSPS) is 21.8. The third kappa shape index (κ3) is 4.85. The molecule has 0 bridgehead atoms. The molecule has 2 unspecified atom stereocenters. The highest BCUT2D eigenvalue weighted by Crippen LogP contribution is 2.47. The Labute approximate surface area is 213 Å². The van der Waals surface area contributed by atoms with Gasteiger partial charge in [0.1, 0.15) is 0 Å². The number of carbonyl (C=O) groups is 1. The Kier molecular flexibility index (Phi) is 7.26. The fourth-order valence-corrected chi connectivity index (χ4v) is 6.94. The molecule has 2 N–H and O–H groups in total. The maximum absolute atomic E-state index is 13.3. The van der Waals surface area contributed by atoms with Crippen molar-refractivity contribution in [2.24, 2.45) is 0 Å². The minimum atomic E-state index is -0.00580. The molecule has 9 nitrogen and oxygen atoms in total. The number of fused-ring (bicyclic) bond motifs is 2. The number of allylic oxidation sites excluding steroid dienone is 1. The van der Waals surface area contributed by atoms with Gasteiger partial charge in [-0.3, -0.25) is 14.7 Å². The van der Waals surface area contributed by atoms with Crippen molar-refractivity contribution in [1.82, 2.24) is 29.3 Å². The number of hydrogen-bond acceptors (Lipinski definition) is 7. The van der Waals surface area contributed by atoms with Gasteiger partial charge in [0.2, 0.25) is 0 Å². The average molecular weight is 511 g/mol. The van der Waals surface area contributed by atoms with Gasteiger partial charge in [-0.1, -0.05) is 8.58 Å². The van der Waals surface area contributed by atoms with Crippen LogP contribution in [0.1, 0.15) is 36.8 Å². The van der Waals surface area contributed by atoms with Crippen molar-refractivity contribution in [3.63, 3.8) is 0 Å². The van der Waals surface area contributed by atoms with Crippen LogP contribution >= 0.6 is 8.58 Å². The molecule has 1 saturated heterocycles. The van der Waals surface area contributed by atoms with Crippen molar-refractivity contribution in [2.45, 2.75) is 45.4 Å². The van der Waals surface area contributed by atoms with E-state index in [1.165, 1.54) is 5.57 Å². The highest BCUT2D eigenvalue weighted by Gasteiger charge is 2.34. The summed E-state index contributed by atoms with van der Waals surface area (Å²) in [4.78, 5) is 24.2. The lowest BCUT2D eigenvalue weighted by Gasteiger charge is -2.42. The molecular formula is C26H35N6O3P. The zero-order valence-electron chi connectivity index (χ0n) is 21.2. The number of amides is 1. The van der Waals surface area contributed by atoms with E-state index in [1.807, 2.05) is 41.7 Å². The van der Waals surface area contributed by atoms with Gasteiger partial charge in [0.05, 0.1) is 53.5 Å². The molecule has 0 aliphatic carbocycles. The largest absolute Gasteiger partial charge is 0.395 e. The van der Waals surface area contributed by atoms with Gasteiger partial charge >= 0.3 is 0 Å². The molecule has 3 aliphatic heterocycles. The molecule has 1 amide bonds. The summed E-state index contributed by atoms with van der Waals surface area (Å²) >= 11 is 0. The van der Waals surface area contributed by atoms with E-state index >= 15 is 0 Å². The Balaban J connectivity index is 1.32. The average Bonchev–Trinajstić information content (AvgIpc) is 3.29. The minimum absolute atomic E-state index is 0.00580. The summed E-state index contributed by atoms with van der Waals surface area (Å²) in [5.74, 6) is 0.0166. The fourth-order valence-electron chi connectivity index (χ4n) is 5.51. The van der Waals surface area contributed by atoms with Gasteiger partial charge in [-0.2, -0.15) is 5.10 Å². The number of aryl methyl sites for hydroxylation is 2. The molecule has 10 heteroatoms. The molecule has 0 spiro atoms. The lowest BCUT2D eigenvalue weighted by molar-refractivity contribution is -0.124. The number of piperidine rings is 1. The third-order valence-corrected chi connectivity index (χ3v) is 9.05. The van der Waals surface area contributed by atoms with Crippen molar-refractivity contribution >= 4 is 25.3 Å². The number of likely N-dealkylation sites (tertiary alicyclic amines) is 1. The molecule has 5 rings (SSSR count).